The van der Waals surface area contributed by atoms with E-state index in [0.29, 0.717) is 5.92 Å². The Bertz CT molecular complexity index is 212. The minimum atomic E-state index is -0.303. The standard InChI is InChI=1S/C11H18O2/c1-5-10(8-9(2)3)6-7-11(12)13-4/h6-9H,5H2,1-4H3/b7-6+,10-8+. The summed E-state index contributed by atoms with van der Waals surface area (Å²) in [7, 11) is 1.38. The van der Waals surface area contributed by atoms with E-state index in [1.165, 1.54) is 18.8 Å². The third-order valence-electron chi connectivity index (χ3n) is 1.59. The first-order valence-electron chi connectivity index (χ1n) is 4.56. The van der Waals surface area contributed by atoms with Crippen LogP contribution in [-0.4, -0.2) is 13.1 Å². The third kappa shape index (κ3) is 6.14. The fraction of sp³-hybridized carbons (Fsp3) is 0.545. The molecule has 0 aliphatic carbocycles. The van der Waals surface area contributed by atoms with Crippen LogP contribution in [-0.2, 0) is 9.53 Å². The number of rotatable bonds is 4. The van der Waals surface area contributed by atoms with Gasteiger partial charge in [-0.1, -0.05) is 38.5 Å². The van der Waals surface area contributed by atoms with Gasteiger partial charge in [-0.3, -0.25) is 0 Å². The van der Waals surface area contributed by atoms with E-state index in [1.54, 1.807) is 0 Å². The first-order valence-corrected chi connectivity index (χ1v) is 4.56. The smallest absolute Gasteiger partial charge is 0.330 e. The van der Waals surface area contributed by atoms with E-state index in [0.717, 1.165) is 6.42 Å². The van der Waals surface area contributed by atoms with Gasteiger partial charge < -0.3 is 4.74 Å². The van der Waals surface area contributed by atoms with Gasteiger partial charge in [-0.2, -0.15) is 0 Å². The zero-order valence-electron chi connectivity index (χ0n) is 8.83. The molecular formula is C11H18O2. The highest BCUT2D eigenvalue weighted by Gasteiger charge is 1.94. The quantitative estimate of drug-likeness (QED) is 0.379. The molecule has 0 atom stereocenters. The summed E-state index contributed by atoms with van der Waals surface area (Å²) in [5.74, 6) is 0.209. The first kappa shape index (κ1) is 11.9. The van der Waals surface area contributed by atoms with Crippen LogP contribution < -0.4 is 0 Å². The summed E-state index contributed by atoms with van der Waals surface area (Å²) < 4.78 is 4.50. The van der Waals surface area contributed by atoms with Crippen molar-refractivity contribution in [2.75, 3.05) is 7.11 Å². The van der Waals surface area contributed by atoms with Gasteiger partial charge in [-0.25, -0.2) is 4.79 Å². The van der Waals surface area contributed by atoms with E-state index >= 15 is 0 Å². The van der Waals surface area contributed by atoms with E-state index in [-0.39, 0.29) is 5.97 Å². The molecule has 0 aromatic rings. The molecule has 0 saturated heterocycles. The molecule has 0 spiro atoms. The van der Waals surface area contributed by atoms with Crippen LogP contribution in [0.5, 0.6) is 0 Å². The molecule has 0 radical (unpaired) electrons. The van der Waals surface area contributed by atoms with Gasteiger partial charge in [0.25, 0.3) is 0 Å². The van der Waals surface area contributed by atoms with Crippen molar-refractivity contribution in [3.8, 4) is 0 Å². The van der Waals surface area contributed by atoms with Gasteiger partial charge in [-0.15, -0.1) is 0 Å². The lowest BCUT2D eigenvalue weighted by Crippen LogP contribution is -1.94. The van der Waals surface area contributed by atoms with Gasteiger partial charge in [0.05, 0.1) is 7.11 Å². The van der Waals surface area contributed by atoms with Crippen molar-refractivity contribution in [2.45, 2.75) is 27.2 Å². The molecule has 2 heteroatoms. The number of hydrogen-bond donors (Lipinski definition) is 0. The third-order valence-corrected chi connectivity index (χ3v) is 1.59. The van der Waals surface area contributed by atoms with Crippen molar-refractivity contribution in [1.82, 2.24) is 0 Å². The zero-order valence-corrected chi connectivity index (χ0v) is 8.83. The van der Waals surface area contributed by atoms with Crippen LogP contribution in [0.25, 0.3) is 0 Å². The normalized spacial score (nSPS) is 12.5. The topological polar surface area (TPSA) is 26.3 Å². The Morgan fingerprint density at radius 3 is 2.38 bits per heavy atom. The lowest BCUT2D eigenvalue weighted by Gasteiger charge is -2.00. The van der Waals surface area contributed by atoms with Crippen LogP contribution >= 0.6 is 0 Å². The summed E-state index contributed by atoms with van der Waals surface area (Å²) in [6.07, 6.45) is 6.34. The zero-order chi connectivity index (χ0) is 10.3. The summed E-state index contributed by atoms with van der Waals surface area (Å²) in [6.45, 7) is 6.29. The Morgan fingerprint density at radius 1 is 1.38 bits per heavy atom. The number of ether oxygens (including phenoxy) is 1. The van der Waals surface area contributed by atoms with Gasteiger partial charge in [0, 0.05) is 6.08 Å². The molecule has 0 aliphatic rings. The molecule has 0 amide bonds. The minimum absolute atomic E-state index is 0.303. The molecule has 0 saturated carbocycles. The molecular weight excluding hydrogens is 164 g/mol. The van der Waals surface area contributed by atoms with Gasteiger partial charge in [0.1, 0.15) is 0 Å². The Morgan fingerprint density at radius 2 is 2.00 bits per heavy atom. The lowest BCUT2D eigenvalue weighted by molar-refractivity contribution is -0.134. The number of carbonyl (C=O) groups excluding carboxylic acids is 1. The van der Waals surface area contributed by atoms with Crippen LogP contribution in [0.2, 0.25) is 0 Å². The Kier molecular flexibility index (Phi) is 5.94. The maximum Gasteiger partial charge on any atom is 0.330 e. The number of esters is 1. The van der Waals surface area contributed by atoms with Crippen molar-refractivity contribution in [3.05, 3.63) is 23.8 Å². The van der Waals surface area contributed by atoms with Crippen molar-refractivity contribution < 1.29 is 9.53 Å². The van der Waals surface area contributed by atoms with Gasteiger partial charge in [0.2, 0.25) is 0 Å². The Labute approximate surface area is 80.3 Å². The summed E-state index contributed by atoms with van der Waals surface area (Å²) >= 11 is 0. The largest absolute Gasteiger partial charge is 0.466 e. The van der Waals surface area contributed by atoms with Crippen LogP contribution in [0.1, 0.15) is 27.2 Å². The van der Waals surface area contributed by atoms with Crippen LogP contribution in [0.3, 0.4) is 0 Å². The molecule has 0 aliphatic heterocycles. The lowest BCUT2D eigenvalue weighted by atomic mass is 10.1. The average Bonchev–Trinajstić information content (AvgIpc) is 2.10. The predicted octanol–water partition coefficient (Wildman–Crippen LogP) is 2.71. The number of methoxy groups -OCH3 is 1. The molecule has 13 heavy (non-hydrogen) atoms. The molecule has 2 nitrogen and oxygen atoms in total. The fourth-order valence-electron chi connectivity index (χ4n) is 0.963. The first-order chi connectivity index (χ1) is 6.10. The van der Waals surface area contributed by atoms with Crippen LogP contribution in [0.15, 0.2) is 23.8 Å². The highest BCUT2D eigenvalue weighted by atomic mass is 16.5. The molecule has 0 fully saturated rings. The number of carbonyl (C=O) groups is 1. The molecule has 74 valence electrons. The second kappa shape index (κ2) is 6.46. The van der Waals surface area contributed by atoms with Gasteiger partial charge in [0.15, 0.2) is 0 Å². The van der Waals surface area contributed by atoms with Crippen LogP contribution in [0, 0.1) is 5.92 Å². The van der Waals surface area contributed by atoms with Crippen molar-refractivity contribution in [1.29, 1.82) is 0 Å². The molecule has 0 bridgehead atoms. The molecule has 0 heterocycles. The average molecular weight is 182 g/mol. The van der Waals surface area contributed by atoms with E-state index in [9.17, 15) is 4.79 Å². The van der Waals surface area contributed by atoms with Crippen molar-refractivity contribution in [2.24, 2.45) is 5.92 Å². The number of hydrogen-bond acceptors (Lipinski definition) is 2. The SMILES string of the molecule is CCC(/C=C/C(=O)OC)=C\C(C)C. The van der Waals surface area contributed by atoms with E-state index in [4.69, 9.17) is 0 Å². The second-order valence-corrected chi connectivity index (χ2v) is 3.20. The summed E-state index contributed by atoms with van der Waals surface area (Å²) in [5, 5.41) is 0. The fourth-order valence-corrected chi connectivity index (χ4v) is 0.963. The number of allylic oxidation sites excluding steroid dienone is 3. The highest BCUT2D eigenvalue weighted by molar-refractivity contribution is 5.82. The summed E-state index contributed by atoms with van der Waals surface area (Å²) in [6, 6.07) is 0. The van der Waals surface area contributed by atoms with E-state index in [1.807, 2.05) is 6.08 Å². The monoisotopic (exact) mass is 182 g/mol. The van der Waals surface area contributed by atoms with Crippen molar-refractivity contribution >= 4 is 5.97 Å². The molecule has 0 unspecified atom stereocenters. The summed E-state index contributed by atoms with van der Waals surface area (Å²) in [5.41, 5.74) is 1.17. The van der Waals surface area contributed by atoms with Gasteiger partial charge in [-0.05, 0) is 12.3 Å². The molecule has 0 aromatic heterocycles. The van der Waals surface area contributed by atoms with Crippen molar-refractivity contribution in [3.63, 3.8) is 0 Å². The molecule has 0 N–H and O–H groups in total. The van der Waals surface area contributed by atoms with E-state index < -0.39 is 0 Å². The Hall–Kier alpha value is -1.05. The minimum Gasteiger partial charge on any atom is -0.466 e. The Balaban J connectivity index is 4.28. The van der Waals surface area contributed by atoms with E-state index in [2.05, 4.69) is 31.6 Å². The second-order valence-electron chi connectivity index (χ2n) is 3.20. The molecule has 0 aromatic carbocycles. The maximum atomic E-state index is 10.8. The predicted molar refractivity (Wildman–Crippen MR) is 54.4 cm³/mol. The van der Waals surface area contributed by atoms with Crippen LogP contribution in [0.4, 0.5) is 0 Å². The van der Waals surface area contributed by atoms with Gasteiger partial charge >= 0.3 is 5.97 Å². The maximum absolute atomic E-state index is 10.8. The highest BCUT2D eigenvalue weighted by Crippen LogP contribution is 2.07. The summed E-state index contributed by atoms with van der Waals surface area (Å²) in [4.78, 5) is 10.8. The molecule has 0 rings (SSSR count).